The molecule has 0 N–H and O–H groups in total. The molecular formula is C19H18N4O4S. The van der Waals surface area contributed by atoms with Crippen LogP contribution in [0.2, 0.25) is 0 Å². The van der Waals surface area contributed by atoms with Gasteiger partial charge in [0, 0.05) is 24.2 Å². The van der Waals surface area contributed by atoms with Crippen LogP contribution in [0.15, 0.2) is 39.4 Å². The first-order valence-corrected chi connectivity index (χ1v) is 9.31. The molecule has 1 aromatic carbocycles. The smallest absolute Gasteiger partial charge is 0.331 e. The van der Waals surface area contributed by atoms with Crippen molar-refractivity contribution in [2.75, 3.05) is 14.2 Å². The topological polar surface area (TPSA) is 99.1 Å². The number of aryl methyl sites for hydroxylation is 1. The molecule has 0 unspecified atom stereocenters. The summed E-state index contributed by atoms with van der Waals surface area (Å²) in [6, 6.07) is 7.25. The summed E-state index contributed by atoms with van der Waals surface area (Å²) in [5, 5.41) is 11.6. The number of hydrogen-bond acceptors (Lipinski definition) is 7. The van der Waals surface area contributed by atoms with E-state index in [1.807, 2.05) is 12.1 Å². The first kappa shape index (κ1) is 19.4. The molecule has 0 saturated carbocycles. The van der Waals surface area contributed by atoms with Gasteiger partial charge < -0.3 is 9.47 Å². The molecular weight excluding hydrogens is 380 g/mol. The molecule has 9 heteroatoms. The summed E-state index contributed by atoms with van der Waals surface area (Å²) in [6.45, 7) is 2.12. The van der Waals surface area contributed by atoms with E-state index in [2.05, 4.69) is 4.98 Å². The zero-order chi connectivity index (χ0) is 20.3. The second kappa shape index (κ2) is 8.10. The van der Waals surface area contributed by atoms with Gasteiger partial charge in [0.1, 0.15) is 28.1 Å². The van der Waals surface area contributed by atoms with Crippen molar-refractivity contribution in [3.63, 3.8) is 0 Å². The average Bonchev–Trinajstić information content (AvgIpc) is 3.19. The molecule has 3 rings (SSSR count). The van der Waals surface area contributed by atoms with Crippen molar-refractivity contribution < 1.29 is 9.47 Å². The van der Waals surface area contributed by atoms with E-state index in [1.54, 1.807) is 38.7 Å². The lowest BCUT2D eigenvalue weighted by atomic mass is 10.2. The minimum Gasteiger partial charge on any atom is -0.497 e. The van der Waals surface area contributed by atoms with Crippen LogP contribution in [0.3, 0.4) is 0 Å². The van der Waals surface area contributed by atoms with E-state index < -0.39 is 11.2 Å². The van der Waals surface area contributed by atoms with Gasteiger partial charge in [-0.2, -0.15) is 5.26 Å². The summed E-state index contributed by atoms with van der Waals surface area (Å²) in [5.41, 5.74) is 0.170. The molecule has 28 heavy (non-hydrogen) atoms. The number of thiazole rings is 1. The Labute approximate surface area is 164 Å². The summed E-state index contributed by atoms with van der Waals surface area (Å²) in [4.78, 5) is 29.4. The molecule has 0 aliphatic rings. The van der Waals surface area contributed by atoms with Crippen LogP contribution in [0.25, 0.3) is 10.6 Å². The van der Waals surface area contributed by atoms with Crippen LogP contribution in [0.4, 0.5) is 0 Å². The van der Waals surface area contributed by atoms with E-state index in [-0.39, 0.29) is 12.1 Å². The Morgan fingerprint density at radius 1 is 1.25 bits per heavy atom. The van der Waals surface area contributed by atoms with Crippen LogP contribution in [-0.2, 0) is 13.1 Å². The van der Waals surface area contributed by atoms with Gasteiger partial charge in [-0.1, -0.05) is 0 Å². The largest absolute Gasteiger partial charge is 0.497 e. The van der Waals surface area contributed by atoms with Crippen LogP contribution >= 0.6 is 11.3 Å². The number of aromatic nitrogens is 3. The summed E-state index contributed by atoms with van der Waals surface area (Å²) >= 11 is 1.38. The first-order chi connectivity index (χ1) is 13.5. The van der Waals surface area contributed by atoms with E-state index in [0.29, 0.717) is 28.7 Å². The van der Waals surface area contributed by atoms with Crippen molar-refractivity contribution in [2.45, 2.75) is 20.0 Å². The average molecular weight is 398 g/mol. The Balaban J connectivity index is 2.01. The summed E-state index contributed by atoms with van der Waals surface area (Å²) in [7, 11) is 3.14. The second-order valence-corrected chi connectivity index (χ2v) is 6.68. The highest BCUT2D eigenvalue weighted by molar-refractivity contribution is 7.13. The molecule has 8 nitrogen and oxygen atoms in total. The zero-order valence-electron chi connectivity index (χ0n) is 15.6. The first-order valence-electron chi connectivity index (χ1n) is 8.43. The Morgan fingerprint density at radius 3 is 2.68 bits per heavy atom. The highest BCUT2D eigenvalue weighted by Gasteiger charge is 2.15. The third-order valence-corrected chi connectivity index (χ3v) is 5.13. The van der Waals surface area contributed by atoms with E-state index in [0.717, 1.165) is 10.1 Å². The lowest BCUT2D eigenvalue weighted by molar-refractivity contribution is 0.395. The summed E-state index contributed by atoms with van der Waals surface area (Å²) in [5.74, 6) is 1.27. The molecule has 0 atom stereocenters. The van der Waals surface area contributed by atoms with Crippen LogP contribution < -0.4 is 20.7 Å². The summed E-state index contributed by atoms with van der Waals surface area (Å²) < 4.78 is 13.0. The molecule has 2 aromatic heterocycles. The van der Waals surface area contributed by atoms with Crippen molar-refractivity contribution in [3.05, 3.63) is 61.9 Å². The molecule has 0 amide bonds. The van der Waals surface area contributed by atoms with Gasteiger partial charge in [0.05, 0.1) is 32.0 Å². The van der Waals surface area contributed by atoms with Crippen LogP contribution in [0.5, 0.6) is 11.5 Å². The Kier molecular flexibility index (Phi) is 5.61. The molecule has 0 fully saturated rings. The van der Waals surface area contributed by atoms with Crippen molar-refractivity contribution in [3.8, 4) is 28.1 Å². The summed E-state index contributed by atoms with van der Waals surface area (Å²) in [6.07, 6.45) is 1.29. The normalized spacial score (nSPS) is 10.5. The molecule has 0 bridgehead atoms. The molecule has 0 aliphatic heterocycles. The van der Waals surface area contributed by atoms with Crippen molar-refractivity contribution in [2.24, 2.45) is 0 Å². The minimum absolute atomic E-state index is 0.0117. The Hall–Kier alpha value is -3.38. The van der Waals surface area contributed by atoms with Crippen molar-refractivity contribution in [1.29, 1.82) is 5.26 Å². The van der Waals surface area contributed by atoms with Gasteiger partial charge in [-0.3, -0.25) is 13.9 Å². The maximum Gasteiger partial charge on any atom is 0.331 e. The molecule has 2 heterocycles. The van der Waals surface area contributed by atoms with Gasteiger partial charge in [-0.25, -0.2) is 9.78 Å². The highest BCUT2D eigenvalue weighted by Crippen LogP contribution is 2.35. The number of ether oxygens (including phenoxy) is 2. The monoisotopic (exact) mass is 398 g/mol. The maximum atomic E-state index is 12.5. The van der Waals surface area contributed by atoms with Gasteiger partial charge in [-0.05, 0) is 19.1 Å². The predicted molar refractivity (Wildman–Crippen MR) is 105 cm³/mol. The molecule has 0 spiro atoms. The third kappa shape index (κ3) is 3.54. The Bertz CT molecular complexity index is 1170. The van der Waals surface area contributed by atoms with Crippen LogP contribution in [-0.4, -0.2) is 28.3 Å². The second-order valence-electron chi connectivity index (χ2n) is 5.82. The van der Waals surface area contributed by atoms with E-state index in [1.165, 1.54) is 22.1 Å². The van der Waals surface area contributed by atoms with Crippen molar-refractivity contribution >= 4 is 11.3 Å². The highest BCUT2D eigenvalue weighted by atomic mass is 32.1. The molecule has 0 radical (unpaired) electrons. The quantitative estimate of drug-likeness (QED) is 0.630. The van der Waals surface area contributed by atoms with Crippen LogP contribution in [0, 0.1) is 11.3 Å². The van der Waals surface area contributed by atoms with Crippen LogP contribution in [0.1, 0.15) is 18.2 Å². The zero-order valence-corrected chi connectivity index (χ0v) is 16.4. The molecule has 144 valence electrons. The van der Waals surface area contributed by atoms with E-state index in [9.17, 15) is 9.59 Å². The number of rotatable bonds is 6. The van der Waals surface area contributed by atoms with Gasteiger partial charge in [0.2, 0.25) is 0 Å². The number of methoxy groups -OCH3 is 2. The standard InChI is InChI=1S/C19H18N4O4S/c1-4-22-9-12(8-20)18(24)23(19(22)25)10-13-11-28-17(21-13)15-6-5-14(26-2)7-16(15)27-3/h5-7,9,11H,4,10H2,1-3H3. The number of nitrogens with zero attached hydrogens (tertiary/aromatic N) is 4. The van der Waals surface area contributed by atoms with E-state index in [4.69, 9.17) is 14.7 Å². The lowest BCUT2D eigenvalue weighted by Crippen LogP contribution is -2.41. The number of hydrogen-bond donors (Lipinski definition) is 0. The third-order valence-electron chi connectivity index (χ3n) is 4.21. The molecule has 0 saturated heterocycles. The van der Waals surface area contributed by atoms with E-state index >= 15 is 0 Å². The number of nitriles is 1. The Morgan fingerprint density at radius 2 is 2.04 bits per heavy atom. The maximum absolute atomic E-state index is 12.5. The fourth-order valence-corrected chi connectivity index (χ4v) is 3.58. The number of benzene rings is 1. The van der Waals surface area contributed by atoms with Gasteiger partial charge in [-0.15, -0.1) is 11.3 Å². The SMILES string of the molecule is CCn1cc(C#N)c(=O)n(Cc2csc(-c3ccc(OC)cc3OC)n2)c1=O. The van der Waals surface area contributed by atoms with Gasteiger partial charge in [0.25, 0.3) is 5.56 Å². The predicted octanol–water partition coefficient (Wildman–Crippen LogP) is 2.09. The molecule has 0 aliphatic carbocycles. The minimum atomic E-state index is -0.617. The van der Waals surface area contributed by atoms with Crippen molar-refractivity contribution in [1.82, 2.24) is 14.1 Å². The fraction of sp³-hybridized carbons (Fsp3) is 0.263. The van der Waals surface area contributed by atoms with Gasteiger partial charge >= 0.3 is 5.69 Å². The van der Waals surface area contributed by atoms with Gasteiger partial charge in [0.15, 0.2) is 0 Å². The fourth-order valence-electron chi connectivity index (χ4n) is 2.74. The lowest BCUT2D eigenvalue weighted by Gasteiger charge is -2.09. The molecule has 3 aromatic rings.